The second-order valence-corrected chi connectivity index (χ2v) is 2.09. The molecule has 0 heterocycles. The molecule has 0 N–H and O–H groups in total. The van der Waals surface area contributed by atoms with Crippen LogP contribution < -0.4 is 0 Å². The molecule has 6 heavy (non-hydrogen) atoms. The van der Waals surface area contributed by atoms with Crippen molar-refractivity contribution in [3.63, 3.8) is 0 Å². The van der Waals surface area contributed by atoms with E-state index in [-0.39, 0.29) is 0 Å². The second kappa shape index (κ2) is 3.37. The second-order valence-electron chi connectivity index (χ2n) is 1.62. The molecule has 1 radical (unpaired) electrons. The van der Waals surface area contributed by atoms with Gasteiger partial charge in [0.1, 0.15) is 10.5 Å². The standard InChI is InChI=1S/C4H11OSi/c1-4(2)3-5-6/h3-4H,1-2,6H3. The van der Waals surface area contributed by atoms with Gasteiger partial charge in [0, 0.05) is 0 Å². The average molecular weight is 103 g/mol. The summed E-state index contributed by atoms with van der Waals surface area (Å²) in [5.41, 5.74) is 0. The van der Waals surface area contributed by atoms with Gasteiger partial charge in [-0.2, -0.15) is 0 Å². The predicted octanol–water partition coefficient (Wildman–Crippen LogP) is 0.101. The molecule has 0 rings (SSSR count). The van der Waals surface area contributed by atoms with E-state index in [0.717, 1.165) is 10.5 Å². The molecule has 0 bridgehead atoms. The SMILES string of the molecule is CC(C)[CH]O[SiH3]. The lowest BCUT2D eigenvalue weighted by Crippen LogP contribution is -1.89. The monoisotopic (exact) mass is 103 g/mol. The van der Waals surface area contributed by atoms with E-state index in [9.17, 15) is 0 Å². The smallest absolute Gasteiger partial charge is 0.146 e. The topological polar surface area (TPSA) is 9.23 Å². The van der Waals surface area contributed by atoms with Gasteiger partial charge in [-0.05, 0) is 5.92 Å². The van der Waals surface area contributed by atoms with Crippen LogP contribution in [0.1, 0.15) is 13.8 Å². The van der Waals surface area contributed by atoms with Crippen LogP contribution in [0.2, 0.25) is 0 Å². The molecule has 0 saturated carbocycles. The van der Waals surface area contributed by atoms with Gasteiger partial charge in [-0.1, -0.05) is 13.8 Å². The van der Waals surface area contributed by atoms with E-state index >= 15 is 0 Å². The van der Waals surface area contributed by atoms with Gasteiger partial charge >= 0.3 is 0 Å². The Hall–Kier alpha value is 0.177. The van der Waals surface area contributed by atoms with E-state index in [4.69, 9.17) is 4.43 Å². The van der Waals surface area contributed by atoms with E-state index in [1.54, 1.807) is 0 Å². The fraction of sp³-hybridized carbons (Fsp3) is 0.750. The molecular weight excluding hydrogens is 92.1 g/mol. The zero-order valence-electron chi connectivity index (χ0n) is 4.56. The highest BCUT2D eigenvalue weighted by atomic mass is 28.2. The van der Waals surface area contributed by atoms with Gasteiger partial charge in [-0.3, -0.25) is 0 Å². The summed E-state index contributed by atoms with van der Waals surface area (Å²) in [6, 6.07) is 0. The van der Waals surface area contributed by atoms with Crippen molar-refractivity contribution in [1.29, 1.82) is 0 Å². The molecule has 0 aliphatic carbocycles. The number of hydrogen-bond donors (Lipinski definition) is 0. The Morgan fingerprint density at radius 2 is 2.17 bits per heavy atom. The molecule has 2 heteroatoms. The Labute approximate surface area is 42.2 Å². The lowest BCUT2D eigenvalue weighted by Gasteiger charge is -1.97. The van der Waals surface area contributed by atoms with E-state index < -0.39 is 0 Å². The maximum atomic E-state index is 4.82. The maximum Gasteiger partial charge on any atom is 0.146 e. The molecule has 0 aliphatic heterocycles. The first-order valence-corrected chi connectivity index (χ1v) is 2.95. The Kier molecular flexibility index (Phi) is 3.47. The van der Waals surface area contributed by atoms with Gasteiger partial charge in [0.2, 0.25) is 0 Å². The van der Waals surface area contributed by atoms with Gasteiger partial charge in [-0.25, -0.2) is 0 Å². The van der Waals surface area contributed by atoms with Gasteiger partial charge in [0.25, 0.3) is 0 Å². The van der Waals surface area contributed by atoms with E-state index in [1.165, 1.54) is 0 Å². The molecule has 0 spiro atoms. The molecule has 0 saturated heterocycles. The third kappa shape index (κ3) is 4.18. The summed E-state index contributed by atoms with van der Waals surface area (Å²) < 4.78 is 4.82. The van der Waals surface area contributed by atoms with Crippen LogP contribution in [0, 0.1) is 12.5 Å². The predicted molar refractivity (Wildman–Crippen MR) is 30.2 cm³/mol. The van der Waals surface area contributed by atoms with E-state index in [0.29, 0.717) is 5.92 Å². The largest absolute Gasteiger partial charge is 0.422 e. The van der Waals surface area contributed by atoms with Crippen LogP contribution in [0.15, 0.2) is 0 Å². The van der Waals surface area contributed by atoms with Crippen molar-refractivity contribution < 1.29 is 4.43 Å². The van der Waals surface area contributed by atoms with E-state index in [1.807, 2.05) is 6.61 Å². The quantitative estimate of drug-likeness (QED) is 0.450. The molecular formula is C4H11OSi. The number of hydrogen-bond acceptors (Lipinski definition) is 1. The highest BCUT2D eigenvalue weighted by Gasteiger charge is 1.86. The van der Waals surface area contributed by atoms with Crippen LogP contribution >= 0.6 is 0 Å². The molecule has 0 aliphatic rings. The minimum absolute atomic E-state index is 0.586. The van der Waals surface area contributed by atoms with Crippen molar-refractivity contribution in [1.82, 2.24) is 0 Å². The minimum Gasteiger partial charge on any atom is -0.422 e. The van der Waals surface area contributed by atoms with Gasteiger partial charge in [-0.15, -0.1) is 0 Å². The molecule has 0 aromatic heterocycles. The fourth-order valence-corrected chi connectivity index (χ4v) is 0.816. The molecule has 37 valence electrons. The van der Waals surface area contributed by atoms with Crippen molar-refractivity contribution >= 4 is 10.5 Å². The van der Waals surface area contributed by atoms with Crippen LogP contribution in [0.4, 0.5) is 0 Å². The zero-order chi connectivity index (χ0) is 4.99. The minimum atomic E-state index is 0.586. The first-order valence-electron chi connectivity index (χ1n) is 2.13. The normalized spacial score (nSPS) is 10.5. The molecule has 0 aromatic carbocycles. The summed E-state index contributed by atoms with van der Waals surface area (Å²) >= 11 is 0. The molecule has 0 amide bonds. The summed E-state index contributed by atoms with van der Waals surface area (Å²) in [6.45, 7) is 6.04. The summed E-state index contributed by atoms with van der Waals surface area (Å²) in [5, 5.41) is 0. The Balaban J connectivity index is 2.63. The fourth-order valence-electron chi connectivity index (χ4n) is 0.272. The third-order valence-electron chi connectivity index (χ3n) is 0.408. The summed E-state index contributed by atoms with van der Waals surface area (Å²) in [4.78, 5) is 0. The molecule has 1 nitrogen and oxygen atoms in total. The first-order chi connectivity index (χ1) is 2.77. The lowest BCUT2D eigenvalue weighted by molar-refractivity contribution is 0.386. The van der Waals surface area contributed by atoms with Crippen LogP contribution in [0.25, 0.3) is 0 Å². The highest BCUT2D eigenvalue weighted by molar-refractivity contribution is 5.98. The summed E-state index contributed by atoms with van der Waals surface area (Å²) in [7, 11) is 0.831. The van der Waals surface area contributed by atoms with Crippen molar-refractivity contribution in [3.8, 4) is 0 Å². The molecule has 0 aromatic rings. The molecule has 0 fully saturated rings. The van der Waals surface area contributed by atoms with Crippen LogP contribution in [-0.4, -0.2) is 10.5 Å². The summed E-state index contributed by atoms with van der Waals surface area (Å²) in [5.74, 6) is 0.586. The highest BCUT2D eigenvalue weighted by Crippen LogP contribution is 1.94. The van der Waals surface area contributed by atoms with Gasteiger partial charge < -0.3 is 4.43 Å². The Morgan fingerprint density at radius 3 is 2.17 bits per heavy atom. The zero-order valence-corrected chi connectivity index (χ0v) is 6.56. The Bertz CT molecular complexity index is 28.7. The molecule has 0 unspecified atom stereocenters. The molecule has 0 atom stereocenters. The van der Waals surface area contributed by atoms with Crippen molar-refractivity contribution in [2.75, 3.05) is 0 Å². The average Bonchev–Trinajstić information content (AvgIpc) is 1.35. The lowest BCUT2D eigenvalue weighted by atomic mass is 10.2. The maximum absolute atomic E-state index is 4.82. The van der Waals surface area contributed by atoms with Crippen LogP contribution in [-0.2, 0) is 4.43 Å². The van der Waals surface area contributed by atoms with Gasteiger partial charge in [0.15, 0.2) is 0 Å². The van der Waals surface area contributed by atoms with Gasteiger partial charge in [0.05, 0.1) is 6.61 Å². The number of rotatable bonds is 2. The van der Waals surface area contributed by atoms with Crippen LogP contribution in [0.5, 0.6) is 0 Å². The van der Waals surface area contributed by atoms with Crippen LogP contribution in [0.3, 0.4) is 0 Å². The van der Waals surface area contributed by atoms with Crippen molar-refractivity contribution in [2.45, 2.75) is 13.8 Å². The third-order valence-corrected chi connectivity index (χ3v) is 0.680. The summed E-state index contributed by atoms with van der Waals surface area (Å²) in [6.07, 6.45) is 0. The van der Waals surface area contributed by atoms with Crippen molar-refractivity contribution in [3.05, 3.63) is 6.61 Å². The van der Waals surface area contributed by atoms with Crippen molar-refractivity contribution in [2.24, 2.45) is 5.92 Å². The first kappa shape index (κ1) is 6.18. The Morgan fingerprint density at radius 1 is 1.67 bits per heavy atom. The van der Waals surface area contributed by atoms with E-state index in [2.05, 4.69) is 13.8 Å².